The Morgan fingerprint density at radius 1 is 1.42 bits per heavy atom. The Bertz CT molecular complexity index is 647. The lowest BCUT2D eigenvalue weighted by Crippen LogP contribution is -2.62. The predicted molar refractivity (Wildman–Crippen MR) is 99.4 cm³/mol. The number of likely N-dealkylation sites (tertiary alicyclic amines) is 1. The highest BCUT2D eigenvalue weighted by Crippen LogP contribution is 2.35. The number of nitroso groups, excluding NO2 is 1. The van der Waals surface area contributed by atoms with Gasteiger partial charge in [-0.05, 0) is 26.0 Å². The summed E-state index contributed by atoms with van der Waals surface area (Å²) in [5.41, 5.74) is -0.949. The topological polar surface area (TPSA) is 97.7 Å². The third kappa shape index (κ3) is 4.39. The maximum atomic E-state index is 12.5. The fraction of sp³-hybridized carbons (Fsp3) is 0.588. The van der Waals surface area contributed by atoms with Gasteiger partial charge >= 0.3 is 5.97 Å². The van der Waals surface area contributed by atoms with Crippen molar-refractivity contribution < 1.29 is 18.2 Å². The lowest BCUT2D eigenvalue weighted by atomic mass is 9.81. The summed E-state index contributed by atoms with van der Waals surface area (Å²) in [4.78, 5) is 40.8. The Morgan fingerprint density at radius 2 is 2.12 bits per heavy atom. The first kappa shape index (κ1) is 20.3. The zero-order chi connectivity index (χ0) is 19.2. The molecule has 1 aliphatic rings. The van der Waals surface area contributed by atoms with Crippen molar-refractivity contribution in [1.29, 1.82) is 0 Å². The van der Waals surface area contributed by atoms with E-state index >= 15 is 0 Å². The molecule has 1 atom stereocenters. The van der Waals surface area contributed by atoms with Crippen molar-refractivity contribution in [1.82, 2.24) is 10.3 Å². The Labute approximate surface area is 158 Å². The summed E-state index contributed by atoms with van der Waals surface area (Å²) in [5, 5.41) is 5.95. The fourth-order valence-corrected chi connectivity index (χ4v) is 3.34. The summed E-state index contributed by atoms with van der Waals surface area (Å²) < 4.78 is 5.61. The van der Waals surface area contributed by atoms with E-state index in [2.05, 4.69) is 28.3 Å². The van der Waals surface area contributed by atoms with Gasteiger partial charge in [-0.1, -0.05) is 5.18 Å². The zero-order valence-electron chi connectivity index (χ0n) is 15.1. The number of ether oxygens (including phenoxy) is 1. The third-order valence-corrected chi connectivity index (χ3v) is 5.63. The first-order chi connectivity index (χ1) is 12.4. The minimum Gasteiger partial charge on any atom is -0.464 e. The fourth-order valence-electron chi connectivity index (χ4n) is 3.14. The first-order valence-electron chi connectivity index (χ1n) is 8.70. The summed E-state index contributed by atoms with van der Waals surface area (Å²) in [6.45, 7) is 5.78. The number of carbonyl (C=O) groups is 2. The van der Waals surface area contributed by atoms with Crippen molar-refractivity contribution in [3.05, 3.63) is 35.0 Å². The van der Waals surface area contributed by atoms with E-state index in [9.17, 15) is 14.5 Å². The number of aromatic nitrogens is 1. The van der Waals surface area contributed by atoms with E-state index in [1.54, 1.807) is 25.3 Å². The van der Waals surface area contributed by atoms with Crippen LogP contribution in [0.25, 0.3) is 0 Å². The largest absolute Gasteiger partial charge is 0.464 e. The van der Waals surface area contributed by atoms with Crippen LogP contribution in [0.3, 0.4) is 0 Å². The van der Waals surface area contributed by atoms with Crippen molar-refractivity contribution >= 4 is 24.7 Å². The second-order valence-corrected chi connectivity index (χ2v) is 7.30. The highest BCUT2D eigenvalue weighted by atomic mass is 32.1. The highest BCUT2D eigenvalue weighted by Gasteiger charge is 2.52. The van der Waals surface area contributed by atoms with Gasteiger partial charge in [0.1, 0.15) is 5.54 Å². The van der Waals surface area contributed by atoms with Crippen molar-refractivity contribution in [2.24, 2.45) is 5.18 Å². The summed E-state index contributed by atoms with van der Waals surface area (Å²) in [5.74, 6) is -1.15. The van der Waals surface area contributed by atoms with Gasteiger partial charge in [0, 0.05) is 25.2 Å². The molecule has 1 unspecified atom stereocenters. The summed E-state index contributed by atoms with van der Waals surface area (Å²) in [7, 11) is 0. The molecule has 2 heterocycles. The lowest BCUT2D eigenvalue weighted by molar-refractivity contribution is -0.797. The van der Waals surface area contributed by atoms with Crippen LogP contribution in [-0.2, 0) is 9.53 Å². The normalized spacial score (nSPS) is 26.6. The molecule has 0 aliphatic carbocycles. The molecule has 0 spiro atoms. The van der Waals surface area contributed by atoms with E-state index in [-0.39, 0.29) is 6.61 Å². The summed E-state index contributed by atoms with van der Waals surface area (Å²) >= 11 is 4.64. The van der Waals surface area contributed by atoms with Crippen LogP contribution < -0.4 is 5.32 Å². The minimum absolute atomic E-state index is 0.147. The van der Waals surface area contributed by atoms with E-state index in [1.807, 2.05) is 6.92 Å². The standard InChI is InChI=1S/C17H24N4O4S/c1-3-21(26)10-7-17(20-24,8-11-21)14(16(23)25-4-2)19-15(22)13-6-5-9-18-12-13/h5-6,9,12,14,26H,3-4,7-8,10-11H2,1-2H3/p+1. The van der Waals surface area contributed by atoms with Crippen molar-refractivity contribution in [2.45, 2.75) is 38.3 Å². The number of nitrogens with one attached hydrogen (secondary N) is 1. The Hall–Kier alpha value is -2.00. The maximum absolute atomic E-state index is 12.5. The average Bonchev–Trinajstić information content (AvgIpc) is 2.68. The van der Waals surface area contributed by atoms with E-state index in [1.165, 1.54) is 6.20 Å². The van der Waals surface area contributed by atoms with Crippen LogP contribution in [0.4, 0.5) is 0 Å². The molecule has 1 saturated heterocycles. The summed E-state index contributed by atoms with van der Waals surface area (Å²) in [6, 6.07) is 2.06. The van der Waals surface area contributed by atoms with Gasteiger partial charge in [0.2, 0.25) is 0 Å². The minimum atomic E-state index is -1.25. The number of esters is 1. The third-order valence-electron chi connectivity index (χ3n) is 4.95. The number of quaternary nitrogens is 1. The Morgan fingerprint density at radius 3 is 2.62 bits per heavy atom. The van der Waals surface area contributed by atoms with Crippen LogP contribution in [-0.4, -0.2) is 58.6 Å². The van der Waals surface area contributed by atoms with Gasteiger partial charge in [-0.3, -0.25) is 13.7 Å². The van der Waals surface area contributed by atoms with Crippen molar-refractivity contribution in [3.63, 3.8) is 0 Å². The molecule has 1 aliphatic heterocycles. The van der Waals surface area contributed by atoms with Crippen LogP contribution >= 0.6 is 12.8 Å². The molecule has 0 radical (unpaired) electrons. The molecule has 1 amide bonds. The maximum Gasteiger partial charge on any atom is 0.331 e. The van der Waals surface area contributed by atoms with Crippen LogP contribution in [0.1, 0.15) is 37.0 Å². The van der Waals surface area contributed by atoms with Crippen molar-refractivity contribution in [2.75, 3.05) is 26.2 Å². The zero-order valence-corrected chi connectivity index (χ0v) is 15.9. The van der Waals surface area contributed by atoms with E-state index in [4.69, 9.17) is 4.74 Å². The van der Waals surface area contributed by atoms with Gasteiger partial charge in [-0.25, -0.2) is 4.79 Å². The molecule has 142 valence electrons. The van der Waals surface area contributed by atoms with Crippen LogP contribution in [0.15, 0.2) is 29.7 Å². The molecule has 1 aromatic rings. The van der Waals surface area contributed by atoms with Gasteiger partial charge in [-0.15, -0.1) is 0 Å². The number of pyridine rings is 1. The molecule has 2 rings (SSSR count). The SMILES string of the molecule is CCOC(=O)C(NC(=O)c1cccnc1)C1(N=O)CC[N+](S)(CC)CC1. The number of carbonyl (C=O) groups excluding carboxylic acids is 2. The summed E-state index contributed by atoms with van der Waals surface area (Å²) in [6.07, 6.45) is 3.62. The molecule has 9 heteroatoms. The highest BCUT2D eigenvalue weighted by molar-refractivity contribution is 7.74. The first-order valence-corrected chi connectivity index (χ1v) is 9.10. The van der Waals surface area contributed by atoms with Crippen LogP contribution in [0.5, 0.6) is 0 Å². The Balaban J connectivity index is 2.27. The number of amides is 1. The van der Waals surface area contributed by atoms with E-state index in [0.717, 1.165) is 6.54 Å². The van der Waals surface area contributed by atoms with Crippen LogP contribution in [0, 0.1) is 4.91 Å². The molecule has 1 aromatic heterocycles. The second kappa shape index (κ2) is 8.59. The number of nitrogens with zero attached hydrogens (tertiary/aromatic N) is 3. The molecular weight excluding hydrogens is 356 g/mol. The molecule has 26 heavy (non-hydrogen) atoms. The average molecular weight is 381 g/mol. The molecule has 1 fully saturated rings. The van der Waals surface area contributed by atoms with Gasteiger partial charge in [0.15, 0.2) is 6.04 Å². The molecule has 0 aromatic carbocycles. The van der Waals surface area contributed by atoms with Gasteiger partial charge in [0.05, 0.1) is 44.6 Å². The monoisotopic (exact) mass is 381 g/mol. The predicted octanol–water partition coefficient (Wildman–Crippen LogP) is 1.72. The smallest absolute Gasteiger partial charge is 0.331 e. The van der Waals surface area contributed by atoms with Gasteiger partial charge < -0.3 is 10.1 Å². The van der Waals surface area contributed by atoms with Crippen LogP contribution in [0.2, 0.25) is 0 Å². The Kier molecular flexibility index (Phi) is 6.71. The number of hydrogen-bond donors (Lipinski definition) is 2. The van der Waals surface area contributed by atoms with Crippen molar-refractivity contribution in [3.8, 4) is 0 Å². The van der Waals surface area contributed by atoms with Gasteiger partial charge in [0.25, 0.3) is 5.91 Å². The lowest BCUT2D eigenvalue weighted by Gasteiger charge is -2.43. The molecule has 1 N–H and O–H groups in total. The number of thiol groups is 1. The molecule has 0 saturated carbocycles. The number of piperidine rings is 1. The molecule has 8 nitrogen and oxygen atoms in total. The second-order valence-electron chi connectivity index (χ2n) is 6.45. The van der Waals surface area contributed by atoms with Gasteiger partial charge in [-0.2, -0.15) is 4.91 Å². The number of rotatable bonds is 7. The molecule has 0 bridgehead atoms. The van der Waals surface area contributed by atoms with E-state index < -0.39 is 23.5 Å². The molecular formula is C17H25N4O4S+. The van der Waals surface area contributed by atoms with E-state index in [0.29, 0.717) is 35.4 Å². The quantitative estimate of drug-likeness (QED) is 0.324. The number of hydrogen-bond acceptors (Lipinski definition) is 7.